The van der Waals surface area contributed by atoms with Crippen molar-refractivity contribution in [2.24, 2.45) is 0 Å². The number of carboxylic acids is 1. The van der Waals surface area contributed by atoms with E-state index in [1.165, 1.54) is 6.92 Å². The first kappa shape index (κ1) is 17.4. The van der Waals surface area contributed by atoms with Gasteiger partial charge in [-0.25, -0.2) is 18.6 Å². The molecule has 128 valence electrons. The van der Waals surface area contributed by atoms with Crippen LogP contribution in [0.1, 0.15) is 16.1 Å². The Labute approximate surface area is 131 Å². The van der Waals surface area contributed by atoms with E-state index in [1.54, 1.807) is 0 Å². The summed E-state index contributed by atoms with van der Waals surface area (Å²) in [5, 5.41) is 9.01. The fourth-order valence-corrected chi connectivity index (χ4v) is 1.95. The Morgan fingerprint density at radius 2 is 1.83 bits per heavy atom. The lowest BCUT2D eigenvalue weighted by molar-refractivity contribution is -0.0525. The maximum Gasteiger partial charge on any atom is 0.387 e. The van der Waals surface area contributed by atoms with Gasteiger partial charge in [0, 0.05) is 11.1 Å². The Kier molecular flexibility index (Phi) is 4.58. The zero-order chi connectivity index (χ0) is 18.2. The summed E-state index contributed by atoms with van der Waals surface area (Å²) in [5.74, 6) is -7.45. The second-order valence-electron chi connectivity index (χ2n) is 4.58. The maximum absolute atomic E-state index is 14.2. The van der Waals surface area contributed by atoms with Gasteiger partial charge in [-0.3, -0.25) is 0 Å². The number of carboxylic acid groups (broad SMARTS) is 1. The number of nitrogen functional groups attached to an aromatic ring is 1. The molecule has 24 heavy (non-hydrogen) atoms. The molecule has 1 aromatic heterocycles. The van der Waals surface area contributed by atoms with Crippen LogP contribution in [0.3, 0.4) is 0 Å². The fraction of sp³-hybridized carbons (Fsp3) is 0.143. The first-order chi connectivity index (χ1) is 11.1. The van der Waals surface area contributed by atoms with E-state index in [0.717, 1.165) is 6.07 Å². The summed E-state index contributed by atoms with van der Waals surface area (Å²) in [7, 11) is 0. The second-order valence-corrected chi connectivity index (χ2v) is 4.58. The normalized spacial score (nSPS) is 11.0. The molecule has 0 aliphatic heterocycles. The van der Waals surface area contributed by atoms with Crippen LogP contribution in [0.15, 0.2) is 12.1 Å². The number of nitrogens with two attached hydrogens (primary N) is 1. The third-order valence-electron chi connectivity index (χ3n) is 3.15. The lowest BCUT2D eigenvalue weighted by Gasteiger charge is -2.13. The Hall–Kier alpha value is -2.91. The number of hydrogen-bond acceptors (Lipinski definition) is 4. The first-order valence-corrected chi connectivity index (χ1v) is 6.27. The molecule has 1 heterocycles. The Morgan fingerprint density at radius 3 is 2.38 bits per heavy atom. The van der Waals surface area contributed by atoms with E-state index in [0.29, 0.717) is 6.07 Å². The van der Waals surface area contributed by atoms with Crippen molar-refractivity contribution in [1.82, 2.24) is 4.98 Å². The highest BCUT2D eigenvalue weighted by Gasteiger charge is 2.25. The van der Waals surface area contributed by atoms with Gasteiger partial charge >= 0.3 is 12.6 Å². The van der Waals surface area contributed by atoms with Crippen molar-refractivity contribution < 1.29 is 36.6 Å². The summed E-state index contributed by atoms with van der Waals surface area (Å²) in [6, 6.07) is 1.36. The van der Waals surface area contributed by atoms with Gasteiger partial charge in [0.05, 0.1) is 5.69 Å². The highest BCUT2D eigenvalue weighted by atomic mass is 19.3. The van der Waals surface area contributed by atoms with Crippen molar-refractivity contribution >= 4 is 11.7 Å². The van der Waals surface area contributed by atoms with Crippen molar-refractivity contribution in [2.45, 2.75) is 13.5 Å². The molecule has 0 fully saturated rings. The summed E-state index contributed by atoms with van der Waals surface area (Å²) in [5.41, 5.74) is 2.31. The molecule has 10 heteroatoms. The average Bonchev–Trinajstić information content (AvgIpc) is 2.50. The van der Waals surface area contributed by atoms with Crippen LogP contribution in [0, 0.1) is 24.4 Å². The predicted molar refractivity (Wildman–Crippen MR) is 72.3 cm³/mol. The number of aromatic nitrogens is 1. The van der Waals surface area contributed by atoms with Gasteiger partial charge in [0.2, 0.25) is 5.82 Å². The summed E-state index contributed by atoms with van der Waals surface area (Å²) < 4.78 is 69.9. The quantitative estimate of drug-likeness (QED) is 0.828. The number of carbonyl (C=O) groups is 1. The van der Waals surface area contributed by atoms with Gasteiger partial charge in [0.1, 0.15) is 5.69 Å². The van der Waals surface area contributed by atoms with Crippen LogP contribution in [0.2, 0.25) is 0 Å². The van der Waals surface area contributed by atoms with Crippen LogP contribution in [0.5, 0.6) is 5.75 Å². The molecule has 0 spiro atoms. The van der Waals surface area contributed by atoms with Gasteiger partial charge in [-0.1, -0.05) is 0 Å². The Balaban J connectivity index is 2.69. The molecule has 0 amide bonds. The Bertz CT molecular complexity index is 827. The van der Waals surface area contributed by atoms with Crippen molar-refractivity contribution in [3.8, 4) is 17.0 Å². The van der Waals surface area contributed by atoms with E-state index in [2.05, 4.69) is 9.72 Å². The lowest BCUT2D eigenvalue weighted by atomic mass is 10.0. The topological polar surface area (TPSA) is 85.4 Å². The number of halogens is 5. The third kappa shape index (κ3) is 2.94. The van der Waals surface area contributed by atoms with Crippen molar-refractivity contribution in [2.75, 3.05) is 5.73 Å². The summed E-state index contributed by atoms with van der Waals surface area (Å²) in [6.45, 7) is -2.21. The highest BCUT2D eigenvalue weighted by Crippen LogP contribution is 2.34. The molecule has 0 aliphatic rings. The van der Waals surface area contributed by atoms with Crippen molar-refractivity contribution in [1.29, 1.82) is 0 Å². The van der Waals surface area contributed by atoms with Crippen LogP contribution in [0.25, 0.3) is 11.3 Å². The van der Waals surface area contributed by atoms with Crippen molar-refractivity contribution in [3.05, 3.63) is 40.8 Å². The second kappa shape index (κ2) is 6.30. The molecule has 0 atom stereocenters. The maximum atomic E-state index is 14.2. The fourth-order valence-electron chi connectivity index (χ4n) is 1.95. The highest BCUT2D eigenvalue weighted by molar-refractivity contribution is 5.90. The standard InChI is InChI=1S/C14H9F5N2O3/c1-4-10(20)9(17)12(21-11(4)13(22)23)5-2-3-6(24-14(18)19)8(16)7(5)15/h2-3,14H,1H3,(H2,20,21)(H,22,23). The average molecular weight is 348 g/mol. The number of rotatable bonds is 4. The van der Waals surface area contributed by atoms with E-state index in [-0.39, 0.29) is 5.56 Å². The molecule has 2 aromatic rings. The number of alkyl halides is 2. The van der Waals surface area contributed by atoms with Crippen LogP contribution in [-0.4, -0.2) is 22.7 Å². The van der Waals surface area contributed by atoms with Gasteiger partial charge in [0.25, 0.3) is 0 Å². The third-order valence-corrected chi connectivity index (χ3v) is 3.15. The van der Waals surface area contributed by atoms with E-state index < -0.39 is 58.4 Å². The summed E-state index contributed by atoms with van der Waals surface area (Å²) in [4.78, 5) is 14.5. The summed E-state index contributed by atoms with van der Waals surface area (Å²) in [6.07, 6.45) is 0. The minimum absolute atomic E-state index is 0.192. The number of nitrogens with zero attached hydrogens (tertiary/aromatic N) is 1. The van der Waals surface area contributed by atoms with Crippen LogP contribution >= 0.6 is 0 Å². The van der Waals surface area contributed by atoms with Gasteiger partial charge < -0.3 is 15.6 Å². The van der Waals surface area contributed by atoms with E-state index in [1.807, 2.05) is 0 Å². The van der Waals surface area contributed by atoms with Crippen LogP contribution in [-0.2, 0) is 0 Å². The lowest BCUT2D eigenvalue weighted by Crippen LogP contribution is -2.11. The van der Waals surface area contributed by atoms with E-state index in [4.69, 9.17) is 10.8 Å². The molecule has 0 aliphatic carbocycles. The number of benzene rings is 1. The molecule has 2 rings (SSSR count). The molecule has 0 saturated heterocycles. The first-order valence-electron chi connectivity index (χ1n) is 6.27. The smallest absolute Gasteiger partial charge is 0.387 e. The van der Waals surface area contributed by atoms with Crippen LogP contribution < -0.4 is 10.5 Å². The molecular weight excluding hydrogens is 339 g/mol. The number of anilines is 1. The molecule has 1 aromatic carbocycles. The number of aromatic carboxylic acids is 1. The predicted octanol–water partition coefficient (Wildman–Crippen LogP) is 3.36. The zero-order valence-corrected chi connectivity index (χ0v) is 11.9. The largest absolute Gasteiger partial charge is 0.477 e. The minimum atomic E-state index is -3.40. The summed E-state index contributed by atoms with van der Waals surface area (Å²) >= 11 is 0. The molecule has 0 radical (unpaired) electrons. The number of ether oxygens (including phenoxy) is 1. The Morgan fingerprint density at radius 1 is 1.21 bits per heavy atom. The SMILES string of the molecule is Cc1c(C(=O)O)nc(-c2ccc(OC(F)F)c(F)c2F)c(F)c1N. The van der Waals surface area contributed by atoms with E-state index in [9.17, 15) is 26.7 Å². The van der Waals surface area contributed by atoms with E-state index >= 15 is 0 Å². The van der Waals surface area contributed by atoms with Crippen molar-refractivity contribution in [3.63, 3.8) is 0 Å². The molecular formula is C14H9F5N2O3. The monoisotopic (exact) mass is 348 g/mol. The number of pyridine rings is 1. The van der Waals surface area contributed by atoms with Gasteiger partial charge in [-0.05, 0) is 19.1 Å². The molecule has 3 N–H and O–H groups in total. The van der Waals surface area contributed by atoms with Gasteiger partial charge in [0.15, 0.2) is 23.1 Å². The minimum Gasteiger partial charge on any atom is -0.477 e. The van der Waals surface area contributed by atoms with Crippen LogP contribution in [0.4, 0.5) is 27.6 Å². The number of hydrogen-bond donors (Lipinski definition) is 2. The van der Waals surface area contributed by atoms with Gasteiger partial charge in [-0.15, -0.1) is 0 Å². The molecule has 0 unspecified atom stereocenters. The molecule has 5 nitrogen and oxygen atoms in total. The van der Waals surface area contributed by atoms with Gasteiger partial charge in [-0.2, -0.15) is 13.2 Å². The zero-order valence-electron chi connectivity index (χ0n) is 11.9. The molecule has 0 bridgehead atoms. The molecule has 0 saturated carbocycles.